The van der Waals surface area contributed by atoms with E-state index in [0.717, 1.165) is 16.7 Å². The lowest BCUT2D eigenvalue weighted by molar-refractivity contribution is -0.229. The van der Waals surface area contributed by atoms with E-state index in [4.69, 9.17) is 18.9 Å². The van der Waals surface area contributed by atoms with Gasteiger partial charge in [0, 0.05) is 18.7 Å². The molecule has 0 unspecified atom stereocenters. The number of nitrogens with one attached hydrogen (secondary N) is 1. The molecule has 0 saturated carbocycles. The van der Waals surface area contributed by atoms with Crippen LogP contribution in [0.5, 0.6) is 11.5 Å². The van der Waals surface area contributed by atoms with Crippen molar-refractivity contribution in [2.75, 3.05) is 40.5 Å². The topological polar surface area (TPSA) is 132 Å². The van der Waals surface area contributed by atoms with E-state index in [2.05, 4.69) is 4.98 Å². The Hall–Kier alpha value is -4.71. The molecule has 5 rings (SSSR count). The summed E-state index contributed by atoms with van der Waals surface area (Å²) in [5.74, 6) is 1.06. The monoisotopic (exact) mass is 615 g/mol. The molecule has 3 aromatic carbocycles. The molecule has 45 heavy (non-hydrogen) atoms. The number of aliphatic hydroxyl groups excluding tert-OH is 1. The number of hydrogen-bond acceptors (Lipinski definition) is 8. The first-order chi connectivity index (χ1) is 21.6. The number of aryl methyl sites for hydroxylation is 1. The fourth-order valence-corrected chi connectivity index (χ4v) is 5.68. The highest BCUT2D eigenvalue weighted by atomic mass is 16.6. The molecule has 1 fully saturated rings. The van der Waals surface area contributed by atoms with Crippen molar-refractivity contribution in [3.63, 3.8) is 0 Å². The highest BCUT2D eigenvalue weighted by Gasteiger charge is 2.46. The predicted molar refractivity (Wildman–Crippen MR) is 167 cm³/mol. The molecule has 2 atom stereocenters. The van der Waals surface area contributed by atoms with Crippen LogP contribution in [-0.4, -0.2) is 71.6 Å². The molecule has 4 aromatic rings. The van der Waals surface area contributed by atoms with Gasteiger partial charge in [0.15, 0.2) is 6.23 Å². The van der Waals surface area contributed by atoms with Crippen molar-refractivity contribution >= 4 is 5.91 Å². The summed E-state index contributed by atoms with van der Waals surface area (Å²) in [5, 5.41) is 10.9. The van der Waals surface area contributed by atoms with Crippen molar-refractivity contribution in [2.24, 2.45) is 0 Å². The Bertz CT molecular complexity index is 1690. The van der Waals surface area contributed by atoms with E-state index in [1.807, 2.05) is 78.9 Å². The normalized spacial score (nSPS) is 18.4. The van der Waals surface area contributed by atoms with Gasteiger partial charge < -0.3 is 29.0 Å². The summed E-state index contributed by atoms with van der Waals surface area (Å²) in [5.41, 5.74) is -1.22. The van der Waals surface area contributed by atoms with E-state index in [1.165, 1.54) is 22.6 Å². The number of aromatic amines is 1. The van der Waals surface area contributed by atoms with Gasteiger partial charge in [0.1, 0.15) is 22.7 Å². The van der Waals surface area contributed by atoms with Crippen LogP contribution in [0, 0.1) is 6.92 Å². The molecule has 0 aliphatic carbocycles. The molecule has 1 aliphatic heterocycles. The molecule has 2 N–H and O–H groups in total. The number of aromatic nitrogens is 2. The standard InChI is InChI=1S/C34H37N3O8/c1-23-18-37(32(41)35-31(23)40)30-19-36(24(2)39)20-33(21-38,45-30)22-44-34(25-8-6-5-7-9-25,26-10-14-28(42-3)15-11-26)27-12-16-29(43-4)17-13-27/h5-18,30,38H,19-22H2,1-4H3,(H,35,40,41)/t30-,33-/m1/s1. The van der Waals surface area contributed by atoms with Crippen LogP contribution in [0.2, 0.25) is 0 Å². The number of H-pyrrole nitrogens is 1. The average Bonchev–Trinajstić information content (AvgIpc) is 3.07. The van der Waals surface area contributed by atoms with Gasteiger partial charge in [-0.1, -0.05) is 54.6 Å². The molecular formula is C34H37N3O8. The Labute approximate surface area is 260 Å². The minimum atomic E-state index is -1.45. The first-order valence-electron chi connectivity index (χ1n) is 14.5. The van der Waals surface area contributed by atoms with Gasteiger partial charge in [-0.05, 0) is 47.9 Å². The molecular weight excluding hydrogens is 578 g/mol. The molecule has 1 amide bonds. The van der Waals surface area contributed by atoms with Crippen LogP contribution in [0.15, 0.2) is 94.6 Å². The highest BCUT2D eigenvalue weighted by Crippen LogP contribution is 2.43. The quantitative estimate of drug-likeness (QED) is 0.260. The number of nitrogens with zero attached hydrogens (tertiary/aromatic N) is 2. The van der Waals surface area contributed by atoms with Crippen molar-refractivity contribution in [3.05, 3.63) is 128 Å². The first kappa shape index (κ1) is 31.7. The van der Waals surface area contributed by atoms with Crippen LogP contribution in [0.4, 0.5) is 0 Å². The molecule has 0 spiro atoms. The fraction of sp³-hybridized carbons (Fsp3) is 0.324. The summed E-state index contributed by atoms with van der Waals surface area (Å²) in [6, 6.07) is 24.7. The number of methoxy groups -OCH3 is 2. The summed E-state index contributed by atoms with van der Waals surface area (Å²) in [4.78, 5) is 41.5. The van der Waals surface area contributed by atoms with Crippen LogP contribution < -0.4 is 20.7 Å². The second-order valence-corrected chi connectivity index (χ2v) is 11.1. The second-order valence-electron chi connectivity index (χ2n) is 11.1. The Kier molecular flexibility index (Phi) is 9.24. The SMILES string of the molecule is COc1ccc(C(OC[C@]2(CO)CN(C(C)=O)C[C@H](n3cc(C)c(=O)[nH]c3=O)O2)(c2ccccc2)c2ccc(OC)cc2)cc1. The van der Waals surface area contributed by atoms with E-state index >= 15 is 0 Å². The Balaban J connectivity index is 1.64. The zero-order valence-electron chi connectivity index (χ0n) is 25.7. The molecule has 1 saturated heterocycles. The maximum atomic E-state index is 12.9. The lowest BCUT2D eigenvalue weighted by atomic mass is 9.79. The zero-order valence-corrected chi connectivity index (χ0v) is 25.7. The van der Waals surface area contributed by atoms with Crippen molar-refractivity contribution in [1.29, 1.82) is 0 Å². The molecule has 1 aliphatic rings. The van der Waals surface area contributed by atoms with E-state index in [-0.39, 0.29) is 25.6 Å². The van der Waals surface area contributed by atoms with Gasteiger partial charge in [-0.3, -0.25) is 19.1 Å². The average molecular weight is 616 g/mol. The molecule has 0 bridgehead atoms. The Morgan fingerprint density at radius 1 is 0.956 bits per heavy atom. The van der Waals surface area contributed by atoms with Gasteiger partial charge in [0.05, 0.1) is 40.5 Å². The summed E-state index contributed by atoms with van der Waals surface area (Å²) in [6.07, 6.45) is 0.385. The molecule has 2 heterocycles. The van der Waals surface area contributed by atoms with Crippen LogP contribution in [0.1, 0.15) is 35.4 Å². The number of amides is 1. The number of rotatable bonds is 10. The minimum absolute atomic E-state index is 0.00249. The van der Waals surface area contributed by atoms with E-state index in [0.29, 0.717) is 17.1 Å². The van der Waals surface area contributed by atoms with Gasteiger partial charge in [-0.2, -0.15) is 0 Å². The van der Waals surface area contributed by atoms with Gasteiger partial charge in [0.2, 0.25) is 5.91 Å². The maximum absolute atomic E-state index is 12.9. The van der Waals surface area contributed by atoms with Gasteiger partial charge in [-0.15, -0.1) is 0 Å². The van der Waals surface area contributed by atoms with Gasteiger partial charge >= 0.3 is 5.69 Å². The maximum Gasteiger partial charge on any atom is 0.330 e. The molecule has 11 nitrogen and oxygen atoms in total. The first-order valence-corrected chi connectivity index (χ1v) is 14.5. The van der Waals surface area contributed by atoms with Crippen LogP contribution in [0.25, 0.3) is 0 Å². The van der Waals surface area contributed by atoms with Gasteiger partial charge in [0.25, 0.3) is 5.56 Å². The third-order valence-corrected chi connectivity index (χ3v) is 8.16. The largest absolute Gasteiger partial charge is 0.497 e. The number of aliphatic hydroxyl groups is 1. The summed E-state index contributed by atoms with van der Waals surface area (Å²) < 4.78 is 25.6. The zero-order chi connectivity index (χ0) is 32.2. The number of hydrogen-bond donors (Lipinski definition) is 2. The van der Waals surface area contributed by atoms with Gasteiger partial charge in [-0.25, -0.2) is 4.79 Å². The third-order valence-electron chi connectivity index (χ3n) is 8.16. The number of benzene rings is 3. The molecule has 236 valence electrons. The lowest BCUT2D eigenvalue weighted by Crippen LogP contribution is -2.61. The van der Waals surface area contributed by atoms with Crippen LogP contribution in [-0.2, 0) is 19.9 Å². The van der Waals surface area contributed by atoms with Crippen LogP contribution in [0.3, 0.4) is 0 Å². The fourth-order valence-electron chi connectivity index (χ4n) is 5.68. The molecule has 0 radical (unpaired) electrons. The summed E-state index contributed by atoms with van der Waals surface area (Å²) >= 11 is 0. The predicted octanol–water partition coefficient (Wildman–Crippen LogP) is 2.98. The third kappa shape index (κ3) is 6.28. The molecule has 11 heteroatoms. The smallest absolute Gasteiger partial charge is 0.330 e. The van der Waals surface area contributed by atoms with Crippen LogP contribution >= 0.6 is 0 Å². The Morgan fingerprint density at radius 2 is 1.51 bits per heavy atom. The second kappa shape index (κ2) is 13.1. The molecule has 1 aromatic heterocycles. The van der Waals surface area contributed by atoms with Crippen molar-refractivity contribution in [1.82, 2.24) is 14.5 Å². The minimum Gasteiger partial charge on any atom is -0.497 e. The number of morpholine rings is 1. The van der Waals surface area contributed by atoms with E-state index in [1.54, 1.807) is 21.1 Å². The number of carbonyl (C=O) groups is 1. The van der Waals surface area contributed by atoms with Crippen molar-refractivity contribution in [2.45, 2.75) is 31.3 Å². The number of ether oxygens (including phenoxy) is 4. The van der Waals surface area contributed by atoms with E-state index in [9.17, 15) is 19.5 Å². The highest BCUT2D eigenvalue weighted by molar-refractivity contribution is 5.73. The lowest BCUT2D eigenvalue weighted by Gasteiger charge is -2.47. The Morgan fingerprint density at radius 3 is 2.02 bits per heavy atom. The van der Waals surface area contributed by atoms with E-state index < -0.39 is 35.3 Å². The van der Waals surface area contributed by atoms with Crippen molar-refractivity contribution in [3.8, 4) is 11.5 Å². The summed E-state index contributed by atoms with van der Waals surface area (Å²) in [7, 11) is 3.19. The van der Waals surface area contributed by atoms with Crippen molar-refractivity contribution < 1.29 is 28.8 Å². The summed E-state index contributed by atoms with van der Waals surface area (Å²) in [6.45, 7) is 2.30. The number of carbonyl (C=O) groups excluding carboxylic acids is 1.